The zero-order valence-corrected chi connectivity index (χ0v) is 11.1. The van der Waals surface area contributed by atoms with Crippen LogP contribution in [-0.2, 0) is 11.3 Å². The van der Waals surface area contributed by atoms with Gasteiger partial charge in [0, 0.05) is 5.69 Å². The Balaban J connectivity index is 1.91. The number of hydrogen-bond acceptors (Lipinski definition) is 3. The van der Waals surface area contributed by atoms with E-state index >= 15 is 0 Å². The lowest BCUT2D eigenvalue weighted by Gasteiger charge is -2.08. The van der Waals surface area contributed by atoms with Crippen molar-refractivity contribution in [3.8, 4) is 0 Å². The number of rotatable bonds is 3. The van der Waals surface area contributed by atoms with Crippen molar-refractivity contribution >= 4 is 23.4 Å². The zero-order chi connectivity index (χ0) is 13.7. The number of anilines is 1. The number of aryl methyl sites for hydroxylation is 1. The van der Waals surface area contributed by atoms with Crippen LogP contribution in [0.5, 0.6) is 0 Å². The molecule has 5 heteroatoms. The third-order valence-corrected chi connectivity index (χ3v) is 2.73. The number of nitrogens with zero attached hydrogens (tertiary/aromatic N) is 1. The van der Waals surface area contributed by atoms with Crippen LogP contribution in [-0.4, -0.2) is 11.1 Å². The molecule has 0 unspecified atom stereocenters. The molecule has 19 heavy (non-hydrogen) atoms. The van der Waals surface area contributed by atoms with Gasteiger partial charge in [-0.15, -0.1) is 0 Å². The fourth-order valence-corrected chi connectivity index (χ4v) is 1.73. The molecule has 0 spiro atoms. The van der Waals surface area contributed by atoms with Gasteiger partial charge in [-0.2, -0.15) is 0 Å². The molecular formula is C14H13ClN2O2. The van der Waals surface area contributed by atoms with Gasteiger partial charge in [-0.05, 0) is 24.6 Å². The van der Waals surface area contributed by atoms with Gasteiger partial charge >= 0.3 is 6.09 Å². The largest absolute Gasteiger partial charge is 0.444 e. The second-order valence-corrected chi connectivity index (χ2v) is 4.34. The molecule has 2 aromatic rings. The summed E-state index contributed by atoms with van der Waals surface area (Å²) < 4.78 is 5.08. The average Bonchev–Trinajstić information content (AvgIpc) is 2.41. The van der Waals surface area contributed by atoms with Gasteiger partial charge in [-0.3, -0.25) is 5.32 Å². The molecule has 4 nitrogen and oxygen atoms in total. The maximum Gasteiger partial charge on any atom is 0.412 e. The van der Waals surface area contributed by atoms with E-state index in [0.29, 0.717) is 5.69 Å². The normalized spacial score (nSPS) is 10.0. The number of ether oxygens (including phenoxy) is 1. The van der Waals surface area contributed by atoms with Crippen molar-refractivity contribution in [1.29, 1.82) is 0 Å². The van der Waals surface area contributed by atoms with Crippen molar-refractivity contribution in [1.82, 2.24) is 4.98 Å². The molecule has 1 N–H and O–H groups in total. The van der Waals surface area contributed by atoms with Crippen LogP contribution in [0.15, 0.2) is 42.5 Å². The third kappa shape index (κ3) is 3.96. The lowest BCUT2D eigenvalue weighted by Crippen LogP contribution is -2.14. The summed E-state index contributed by atoms with van der Waals surface area (Å²) >= 11 is 5.91. The van der Waals surface area contributed by atoms with E-state index in [1.807, 2.05) is 37.3 Å². The van der Waals surface area contributed by atoms with Crippen molar-refractivity contribution in [2.45, 2.75) is 13.5 Å². The van der Waals surface area contributed by atoms with E-state index in [1.54, 1.807) is 12.1 Å². The molecule has 0 aliphatic carbocycles. The highest BCUT2D eigenvalue weighted by Gasteiger charge is 2.07. The third-order valence-electron chi connectivity index (χ3n) is 2.44. The van der Waals surface area contributed by atoms with Crippen molar-refractivity contribution in [2.24, 2.45) is 0 Å². The molecule has 0 aliphatic heterocycles. The second-order valence-electron chi connectivity index (χ2n) is 3.98. The number of carbonyl (C=O) groups is 1. The van der Waals surface area contributed by atoms with E-state index in [4.69, 9.17) is 16.3 Å². The first-order valence-electron chi connectivity index (χ1n) is 5.76. The molecule has 0 atom stereocenters. The van der Waals surface area contributed by atoms with E-state index in [0.717, 1.165) is 11.3 Å². The van der Waals surface area contributed by atoms with Crippen LogP contribution in [0.3, 0.4) is 0 Å². The van der Waals surface area contributed by atoms with Crippen LogP contribution >= 0.6 is 11.6 Å². The standard InChI is InChI=1S/C14H13ClN2O2/c1-10-7-8-12(13(15)16-10)17-14(18)19-9-11-5-3-2-4-6-11/h2-8H,9H2,1H3,(H,17,18). The van der Waals surface area contributed by atoms with E-state index in [-0.39, 0.29) is 11.8 Å². The van der Waals surface area contributed by atoms with Gasteiger partial charge < -0.3 is 4.74 Å². The van der Waals surface area contributed by atoms with Crippen LogP contribution in [0.25, 0.3) is 0 Å². The predicted octanol–water partition coefficient (Wildman–Crippen LogP) is 3.79. The Morgan fingerprint density at radius 1 is 1.26 bits per heavy atom. The molecule has 0 saturated carbocycles. The van der Waals surface area contributed by atoms with E-state index < -0.39 is 6.09 Å². The first kappa shape index (κ1) is 13.4. The van der Waals surface area contributed by atoms with Gasteiger partial charge in [0.2, 0.25) is 0 Å². The summed E-state index contributed by atoms with van der Waals surface area (Å²) in [5.41, 5.74) is 2.14. The van der Waals surface area contributed by atoms with Gasteiger partial charge in [0.15, 0.2) is 5.15 Å². The van der Waals surface area contributed by atoms with Gasteiger partial charge in [0.05, 0.1) is 5.69 Å². The maximum absolute atomic E-state index is 11.6. The molecule has 0 fully saturated rings. The molecule has 1 aromatic heterocycles. The molecule has 1 aromatic carbocycles. The summed E-state index contributed by atoms with van der Waals surface area (Å²) in [7, 11) is 0. The fourth-order valence-electron chi connectivity index (χ4n) is 1.49. The molecule has 0 radical (unpaired) electrons. The lowest BCUT2D eigenvalue weighted by atomic mass is 10.2. The number of pyridine rings is 1. The first-order valence-corrected chi connectivity index (χ1v) is 6.14. The summed E-state index contributed by atoms with van der Waals surface area (Å²) in [5, 5.41) is 2.80. The summed E-state index contributed by atoms with van der Waals surface area (Å²) in [6.07, 6.45) is -0.559. The van der Waals surface area contributed by atoms with E-state index in [2.05, 4.69) is 10.3 Å². The molecule has 0 bridgehead atoms. The maximum atomic E-state index is 11.6. The van der Waals surface area contributed by atoms with Gasteiger partial charge in [0.1, 0.15) is 6.61 Å². The molecule has 0 aliphatic rings. The number of halogens is 1. The topological polar surface area (TPSA) is 51.2 Å². The average molecular weight is 277 g/mol. The highest BCUT2D eigenvalue weighted by atomic mass is 35.5. The molecule has 2 rings (SSSR count). The van der Waals surface area contributed by atoms with Crippen LogP contribution < -0.4 is 5.32 Å². The number of nitrogens with one attached hydrogen (secondary N) is 1. The van der Waals surface area contributed by atoms with Crippen LogP contribution in [0.2, 0.25) is 5.15 Å². The monoisotopic (exact) mass is 276 g/mol. The van der Waals surface area contributed by atoms with Crippen molar-refractivity contribution in [3.63, 3.8) is 0 Å². The SMILES string of the molecule is Cc1ccc(NC(=O)OCc2ccccc2)c(Cl)n1. The number of hydrogen-bond donors (Lipinski definition) is 1. The second kappa shape index (κ2) is 6.20. The summed E-state index contributed by atoms with van der Waals surface area (Å²) in [4.78, 5) is 15.6. The fraction of sp³-hybridized carbons (Fsp3) is 0.143. The van der Waals surface area contributed by atoms with Crippen molar-refractivity contribution < 1.29 is 9.53 Å². The van der Waals surface area contributed by atoms with Crippen molar-refractivity contribution in [2.75, 3.05) is 5.32 Å². The van der Waals surface area contributed by atoms with Gasteiger partial charge in [0.25, 0.3) is 0 Å². The zero-order valence-electron chi connectivity index (χ0n) is 10.4. The Hall–Kier alpha value is -2.07. The summed E-state index contributed by atoms with van der Waals surface area (Å²) in [5.74, 6) is 0. The summed E-state index contributed by atoms with van der Waals surface area (Å²) in [6, 6.07) is 12.9. The molecule has 1 heterocycles. The minimum atomic E-state index is -0.559. The smallest absolute Gasteiger partial charge is 0.412 e. The van der Waals surface area contributed by atoms with Crippen LogP contribution in [0.1, 0.15) is 11.3 Å². The Morgan fingerprint density at radius 3 is 2.68 bits per heavy atom. The van der Waals surface area contributed by atoms with Gasteiger partial charge in [-0.25, -0.2) is 9.78 Å². The molecule has 1 amide bonds. The van der Waals surface area contributed by atoms with Crippen LogP contribution in [0.4, 0.5) is 10.5 Å². The van der Waals surface area contributed by atoms with Crippen molar-refractivity contribution in [3.05, 3.63) is 58.9 Å². The number of amides is 1. The highest BCUT2D eigenvalue weighted by molar-refractivity contribution is 6.32. The minimum absolute atomic E-state index is 0.212. The predicted molar refractivity (Wildman–Crippen MR) is 74.2 cm³/mol. The van der Waals surface area contributed by atoms with E-state index in [1.165, 1.54) is 0 Å². The van der Waals surface area contributed by atoms with Gasteiger partial charge in [-0.1, -0.05) is 41.9 Å². The van der Waals surface area contributed by atoms with Crippen LogP contribution in [0, 0.1) is 6.92 Å². The Bertz CT molecular complexity index is 573. The molecular weight excluding hydrogens is 264 g/mol. The molecule has 98 valence electrons. The number of aromatic nitrogens is 1. The summed E-state index contributed by atoms with van der Waals surface area (Å²) in [6.45, 7) is 2.03. The Kier molecular flexibility index (Phi) is 4.36. The Labute approximate surface area is 116 Å². The minimum Gasteiger partial charge on any atom is -0.444 e. The quantitative estimate of drug-likeness (QED) is 0.868. The lowest BCUT2D eigenvalue weighted by molar-refractivity contribution is 0.155. The molecule has 0 saturated heterocycles. The number of carbonyl (C=O) groups excluding carboxylic acids is 1. The Morgan fingerprint density at radius 2 is 2.00 bits per heavy atom. The number of benzene rings is 1. The first-order chi connectivity index (χ1) is 9.15. The van der Waals surface area contributed by atoms with E-state index in [9.17, 15) is 4.79 Å². The highest BCUT2D eigenvalue weighted by Crippen LogP contribution is 2.19.